The summed E-state index contributed by atoms with van der Waals surface area (Å²) in [5.41, 5.74) is 2.88. The van der Waals surface area contributed by atoms with Crippen LogP contribution < -0.4 is 9.64 Å². The Hall–Kier alpha value is -4.41. The van der Waals surface area contributed by atoms with Crippen molar-refractivity contribution < 1.29 is 9.53 Å². The van der Waals surface area contributed by atoms with Crippen molar-refractivity contribution in [2.75, 3.05) is 4.90 Å². The van der Waals surface area contributed by atoms with Crippen LogP contribution in [0, 0.1) is 0 Å². The van der Waals surface area contributed by atoms with E-state index in [1.807, 2.05) is 65.6 Å². The van der Waals surface area contributed by atoms with E-state index in [9.17, 15) is 4.79 Å². The van der Waals surface area contributed by atoms with Crippen LogP contribution >= 0.6 is 15.9 Å². The number of fused-ring (bicyclic) bond motifs is 6. The van der Waals surface area contributed by atoms with E-state index >= 15 is 0 Å². The quantitative estimate of drug-likeness (QED) is 0.154. The Morgan fingerprint density at radius 1 is 0.641 bits per heavy atom. The van der Waals surface area contributed by atoms with E-state index in [0.717, 1.165) is 59.9 Å². The van der Waals surface area contributed by atoms with Crippen LogP contribution in [0.25, 0.3) is 21.5 Å². The van der Waals surface area contributed by atoms with Crippen molar-refractivity contribution in [1.29, 1.82) is 0 Å². The molecule has 0 N–H and O–H groups in total. The highest BCUT2D eigenvalue weighted by Gasteiger charge is 2.67. The molecule has 2 heterocycles. The van der Waals surface area contributed by atoms with Gasteiger partial charge >= 0.3 is 0 Å². The van der Waals surface area contributed by atoms with Gasteiger partial charge in [0, 0.05) is 21.3 Å². The van der Waals surface area contributed by atoms with Crippen LogP contribution in [-0.4, -0.2) is 5.91 Å². The van der Waals surface area contributed by atoms with E-state index in [1.165, 1.54) is 0 Å². The summed E-state index contributed by atoms with van der Waals surface area (Å²) in [7, 11) is 0. The molecule has 6 aromatic carbocycles. The van der Waals surface area contributed by atoms with Gasteiger partial charge in [0.2, 0.25) is 5.91 Å². The van der Waals surface area contributed by atoms with Crippen LogP contribution in [0.5, 0.6) is 11.5 Å². The largest absolute Gasteiger partial charge is 0.457 e. The molecule has 1 fully saturated rings. The van der Waals surface area contributed by atoms with E-state index in [4.69, 9.17) is 4.74 Å². The van der Waals surface area contributed by atoms with Gasteiger partial charge in [-0.1, -0.05) is 107 Å². The number of benzene rings is 6. The number of rotatable bonds is 2. The second-order valence-electron chi connectivity index (χ2n) is 10.2. The lowest BCUT2D eigenvalue weighted by atomic mass is 9.57. The standard InChI is InChI=1S/C35H22BrNO2/c36-24-12-9-13-25(21-24)37-33(32-26-14-3-1-10-22(26)20-23-11-2-4-15-27(23)32)35(34(37)38)28-16-5-7-18-30(28)39-31-19-8-6-17-29(31)35/h1-21,33H. The van der Waals surface area contributed by atoms with Gasteiger partial charge < -0.3 is 9.64 Å². The van der Waals surface area contributed by atoms with E-state index in [0.29, 0.717) is 0 Å². The smallest absolute Gasteiger partial charge is 0.245 e. The van der Waals surface area contributed by atoms with Gasteiger partial charge in [0.05, 0.1) is 6.04 Å². The molecule has 2 aliphatic rings. The number of carbonyl (C=O) groups is 1. The minimum atomic E-state index is -0.944. The number of para-hydroxylation sites is 2. The first-order valence-corrected chi connectivity index (χ1v) is 13.8. The van der Waals surface area contributed by atoms with Gasteiger partial charge in [0.15, 0.2) is 0 Å². The summed E-state index contributed by atoms with van der Waals surface area (Å²) >= 11 is 3.64. The van der Waals surface area contributed by atoms with Crippen molar-refractivity contribution in [3.05, 3.63) is 149 Å². The molecule has 0 aliphatic carbocycles. The Morgan fingerprint density at radius 3 is 1.82 bits per heavy atom. The first kappa shape index (κ1) is 22.6. The zero-order valence-corrected chi connectivity index (χ0v) is 22.4. The number of halogens is 1. The third-order valence-corrected chi connectivity index (χ3v) is 8.73. The molecule has 39 heavy (non-hydrogen) atoms. The van der Waals surface area contributed by atoms with Crippen molar-refractivity contribution in [1.82, 2.24) is 0 Å². The van der Waals surface area contributed by atoms with Gasteiger partial charge in [-0.15, -0.1) is 0 Å². The molecule has 1 unspecified atom stereocenters. The monoisotopic (exact) mass is 567 g/mol. The fourth-order valence-corrected chi connectivity index (χ4v) is 7.07. The highest BCUT2D eigenvalue weighted by atomic mass is 79.9. The minimum absolute atomic E-state index is 0.0471. The van der Waals surface area contributed by atoms with Gasteiger partial charge in [0.1, 0.15) is 16.9 Å². The van der Waals surface area contributed by atoms with Crippen LogP contribution in [0.1, 0.15) is 22.7 Å². The molecule has 1 atom stereocenters. The van der Waals surface area contributed by atoms with Crippen molar-refractivity contribution in [2.45, 2.75) is 11.5 Å². The van der Waals surface area contributed by atoms with E-state index in [2.05, 4.69) is 82.7 Å². The SMILES string of the molecule is O=C1N(c2cccc(Br)c2)C(c2c3ccccc3cc3ccccc23)C12c1ccccc1Oc1ccccc12. The van der Waals surface area contributed by atoms with Crippen molar-refractivity contribution in [3.8, 4) is 11.5 Å². The van der Waals surface area contributed by atoms with Crippen molar-refractivity contribution >= 4 is 49.1 Å². The lowest BCUT2D eigenvalue weighted by Gasteiger charge is -2.58. The van der Waals surface area contributed by atoms with E-state index < -0.39 is 5.41 Å². The van der Waals surface area contributed by atoms with Gasteiger partial charge in [-0.25, -0.2) is 0 Å². The number of amides is 1. The van der Waals surface area contributed by atoms with Gasteiger partial charge in [0.25, 0.3) is 0 Å². The third kappa shape index (κ3) is 3.01. The molecule has 0 radical (unpaired) electrons. The average Bonchev–Trinajstić information content (AvgIpc) is 2.97. The second kappa shape index (κ2) is 8.29. The number of anilines is 1. The molecule has 186 valence electrons. The van der Waals surface area contributed by atoms with Crippen LogP contribution in [0.2, 0.25) is 0 Å². The molecule has 1 amide bonds. The lowest BCUT2D eigenvalue weighted by Crippen LogP contribution is -2.67. The van der Waals surface area contributed by atoms with Crippen LogP contribution in [-0.2, 0) is 10.2 Å². The lowest BCUT2D eigenvalue weighted by molar-refractivity contribution is -0.131. The summed E-state index contributed by atoms with van der Waals surface area (Å²) in [4.78, 5) is 16.9. The van der Waals surface area contributed by atoms with E-state index in [-0.39, 0.29) is 11.9 Å². The molecule has 0 bridgehead atoms. The molecule has 0 aromatic heterocycles. The zero-order valence-electron chi connectivity index (χ0n) is 20.8. The fourth-order valence-electron chi connectivity index (χ4n) is 6.68. The molecule has 1 spiro atoms. The molecule has 4 heteroatoms. The maximum atomic E-state index is 14.9. The summed E-state index contributed by atoms with van der Waals surface area (Å²) in [6.07, 6.45) is 0. The van der Waals surface area contributed by atoms with Crippen LogP contribution in [0.3, 0.4) is 0 Å². The fraction of sp³-hybridized carbons (Fsp3) is 0.0571. The molecule has 3 nitrogen and oxygen atoms in total. The van der Waals surface area contributed by atoms with E-state index in [1.54, 1.807) is 0 Å². The Balaban J connectivity index is 1.54. The molecule has 1 saturated heterocycles. The maximum absolute atomic E-state index is 14.9. The number of hydrogen-bond donors (Lipinski definition) is 0. The molecular formula is C35H22BrNO2. The second-order valence-corrected chi connectivity index (χ2v) is 11.1. The third-order valence-electron chi connectivity index (χ3n) is 8.24. The summed E-state index contributed by atoms with van der Waals surface area (Å²) in [6.45, 7) is 0. The van der Waals surface area contributed by atoms with Crippen LogP contribution in [0.4, 0.5) is 5.69 Å². The molecule has 0 saturated carbocycles. The number of nitrogens with zero attached hydrogens (tertiary/aromatic N) is 1. The van der Waals surface area contributed by atoms with Crippen molar-refractivity contribution in [3.63, 3.8) is 0 Å². The summed E-state index contributed by atoms with van der Waals surface area (Å²) in [5, 5.41) is 4.61. The molecule has 6 aromatic rings. The van der Waals surface area contributed by atoms with Crippen molar-refractivity contribution in [2.24, 2.45) is 0 Å². The van der Waals surface area contributed by atoms with Crippen LogP contribution in [0.15, 0.2) is 132 Å². The minimum Gasteiger partial charge on any atom is -0.457 e. The molecule has 2 aliphatic heterocycles. The maximum Gasteiger partial charge on any atom is 0.245 e. The Bertz CT molecular complexity index is 1860. The number of ether oxygens (including phenoxy) is 1. The topological polar surface area (TPSA) is 29.5 Å². The van der Waals surface area contributed by atoms with Gasteiger partial charge in [-0.2, -0.15) is 0 Å². The number of hydrogen-bond acceptors (Lipinski definition) is 2. The first-order chi connectivity index (χ1) is 19.2. The number of β-lactam (4-membered cyclic amide) rings is 1. The molecular weight excluding hydrogens is 546 g/mol. The summed E-state index contributed by atoms with van der Waals surface area (Å²) in [6, 6.07) is 43.0. The van der Waals surface area contributed by atoms with Gasteiger partial charge in [-0.3, -0.25) is 4.79 Å². The average molecular weight is 568 g/mol. The first-order valence-electron chi connectivity index (χ1n) is 13.0. The van der Waals surface area contributed by atoms with Gasteiger partial charge in [-0.05, 0) is 63.5 Å². The summed E-state index contributed by atoms with van der Waals surface area (Å²) in [5.74, 6) is 1.51. The molecule has 8 rings (SSSR count). The Morgan fingerprint density at radius 2 is 1.21 bits per heavy atom. The highest BCUT2D eigenvalue weighted by molar-refractivity contribution is 9.10. The summed E-state index contributed by atoms with van der Waals surface area (Å²) < 4.78 is 7.33. The highest BCUT2D eigenvalue weighted by Crippen LogP contribution is 2.64. The zero-order chi connectivity index (χ0) is 26.1. The Kier molecular flexibility index (Phi) is 4.80. The predicted octanol–water partition coefficient (Wildman–Crippen LogP) is 8.94. The Labute approximate surface area is 234 Å². The normalized spacial score (nSPS) is 17.0. The predicted molar refractivity (Wildman–Crippen MR) is 160 cm³/mol. The number of carbonyl (C=O) groups excluding carboxylic acids is 1.